The van der Waals surface area contributed by atoms with Crippen molar-refractivity contribution in [3.8, 4) is 17.1 Å². The fourth-order valence-corrected chi connectivity index (χ4v) is 13.5. The summed E-state index contributed by atoms with van der Waals surface area (Å²) in [7, 11) is 0. The average Bonchev–Trinajstić information content (AvgIpc) is 3.99. The Bertz CT molecular complexity index is 3110. The van der Waals surface area contributed by atoms with Crippen molar-refractivity contribution in [3.63, 3.8) is 0 Å². The Labute approximate surface area is 429 Å². The van der Waals surface area contributed by atoms with Crippen LogP contribution in [0.25, 0.3) is 11.4 Å². The fraction of sp³-hybridized carbons (Fsp3) is 0. The van der Waals surface area contributed by atoms with Gasteiger partial charge in [-0.15, -0.1) is 0 Å². The standard InChI is InChI=1S/C9H8N2O.6C6F5.2Al/c12-8-3-1-7(2-4-8)9-10-5-6-11-9;6*7-2-1-3(8)5(10)6(11)4(2)9;;/h1-6,12H,(H,10,11);;;;;;;;. The van der Waals surface area contributed by atoms with E-state index in [1.165, 1.54) is 0 Å². The first-order chi connectivity index (χ1) is 37.2. The quantitative estimate of drug-likeness (QED) is 0.0723. The molecule has 0 atom stereocenters. The summed E-state index contributed by atoms with van der Waals surface area (Å²) in [5, 5.41) is 9.02. The first-order valence-electron chi connectivity index (χ1n) is 20.1. The minimum atomic E-state index is -5.96. The van der Waals surface area contributed by atoms with E-state index in [0.717, 1.165) is 11.4 Å². The molecule has 2 N–H and O–H groups in total. The summed E-state index contributed by atoms with van der Waals surface area (Å²) in [4.78, 5) is 7.06. The maximum absolute atomic E-state index is 14.4. The van der Waals surface area contributed by atoms with E-state index in [1.807, 2.05) is 12.1 Å². The average molecular weight is 1220 g/mol. The zero-order chi connectivity index (χ0) is 60.3. The highest BCUT2D eigenvalue weighted by atomic mass is 27.2. The monoisotopic (exact) mass is 1220 g/mol. The van der Waals surface area contributed by atoms with E-state index in [4.69, 9.17) is 5.11 Å². The summed E-state index contributed by atoms with van der Waals surface area (Å²) in [6.45, 7) is 0. The van der Waals surface area contributed by atoms with Crippen LogP contribution in [0.4, 0.5) is 132 Å². The molecule has 0 saturated carbocycles. The van der Waals surface area contributed by atoms with E-state index in [-0.39, 0.29) is 5.75 Å². The van der Waals surface area contributed by atoms with E-state index in [1.54, 1.807) is 24.5 Å². The summed E-state index contributed by atoms with van der Waals surface area (Å²) < 4.78 is 403. The lowest BCUT2D eigenvalue weighted by Gasteiger charge is -2.20. The molecule has 0 amide bonds. The van der Waals surface area contributed by atoms with E-state index in [9.17, 15) is 132 Å². The molecule has 8 rings (SSSR count). The van der Waals surface area contributed by atoms with Gasteiger partial charge in [0.15, 0.2) is 175 Å². The molecule has 80 heavy (non-hydrogen) atoms. The highest BCUT2D eigenvalue weighted by molar-refractivity contribution is 6.96. The molecule has 0 aliphatic rings. The number of benzene rings is 7. The number of halogens is 30. The van der Waals surface area contributed by atoms with Crippen LogP contribution in [0.2, 0.25) is 0 Å². The third-order valence-corrected chi connectivity index (χ3v) is 17.3. The molecule has 0 radical (unpaired) electrons. The summed E-state index contributed by atoms with van der Waals surface area (Å²) >= 11 is -11.9. The largest absolute Gasteiger partial charge is 0.508 e. The molecule has 3 nitrogen and oxygen atoms in total. The van der Waals surface area contributed by atoms with E-state index in [2.05, 4.69) is 9.97 Å². The van der Waals surface area contributed by atoms with Gasteiger partial charge in [-0.1, -0.05) is 0 Å². The zero-order valence-corrected chi connectivity index (χ0v) is 39.2. The number of phenolic OH excluding ortho intramolecular Hbond substituents is 1. The van der Waals surface area contributed by atoms with Gasteiger partial charge in [-0.25, -0.2) is 137 Å². The molecule has 1 aromatic heterocycles. The molecule has 420 valence electrons. The lowest BCUT2D eigenvalue weighted by atomic mass is 10.2. The molecule has 0 unspecified atom stereocenters. The normalized spacial score (nSPS) is 11.2. The van der Waals surface area contributed by atoms with Gasteiger partial charge in [0.1, 0.15) is 11.6 Å². The van der Waals surface area contributed by atoms with Gasteiger partial charge in [-0.2, -0.15) is 0 Å². The lowest BCUT2D eigenvalue weighted by molar-refractivity contribution is 0.380. The molecule has 0 spiro atoms. The van der Waals surface area contributed by atoms with Crippen LogP contribution in [-0.2, 0) is 0 Å². The Kier molecular flexibility index (Phi) is 18.0. The number of aromatic amines is 1. The van der Waals surface area contributed by atoms with Crippen molar-refractivity contribution in [2.75, 3.05) is 0 Å². The number of nitrogens with zero attached hydrogens (tertiary/aromatic N) is 1. The van der Waals surface area contributed by atoms with Crippen molar-refractivity contribution in [2.45, 2.75) is 0 Å². The highest BCUT2D eigenvalue weighted by Crippen LogP contribution is 2.27. The van der Waals surface area contributed by atoms with Crippen LogP contribution in [0.3, 0.4) is 0 Å². The Hall–Kier alpha value is -7.49. The maximum atomic E-state index is 14.4. The van der Waals surface area contributed by atoms with Crippen molar-refractivity contribution in [3.05, 3.63) is 211 Å². The number of phenols is 1. The van der Waals surface area contributed by atoms with E-state index in [0.29, 0.717) is 0 Å². The predicted octanol–water partition coefficient (Wildman–Crippen LogP) is 10.4. The second kappa shape index (κ2) is 23.3. The van der Waals surface area contributed by atoms with E-state index < -0.39 is 229 Å². The topological polar surface area (TPSA) is 48.9 Å². The Morgan fingerprint density at radius 3 is 0.562 bits per heavy atom. The number of hydrogen-bond acceptors (Lipinski definition) is 2. The smallest absolute Gasteiger partial charge is 0.413 e. The third-order valence-electron chi connectivity index (χ3n) is 10.8. The van der Waals surface area contributed by atoms with Gasteiger partial charge in [-0.3, -0.25) is 0 Å². The van der Waals surface area contributed by atoms with Gasteiger partial charge >= 0.3 is 28.3 Å². The van der Waals surface area contributed by atoms with E-state index >= 15 is 0 Å². The number of H-pyrrole nitrogens is 1. The Balaban J connectivity index is 0.000000213. The van der Waals surface area contributed by atoms with Crippen LogP contribution in [0.15, 0.2) is 36.7 Å². The molecule has 0 aliphatic carbocycles. The SMILES string of the molecule is Fc1c(F)c(F)[c]([Al]([c]2c(F)c(F)c(F)c(F)c2F)[c]2c(F)c(F)c(F)c(F)c2F)c(F)c1F.Fc1c(F)c(F)[c]([Al]([c]2c(F)c(F)c(F)c(F)c2F)[c]2c(F)c(F)c(F)c(F)c2F)c(F)c1F.Oc1ccc(-c2ncc[nH]2)cc1. The van der Waals surface area contributed by atoms with Crippen LogP contribution < -0.4 is 26.6 Å². The van der Waals surface area contributed by atoms with Gasteiger partial charge < -0.3 is 10.1 Å². The second-order valence-electron chi connectivity index (χ2n) is 15.3. The maximum Gasteiger partial charge on any atom is 0.413 e. The molecule has 8 aromatic rings. The van der Waals surface area contributed by atoms with Gasteiger partial charge in [0, 0.05) is 18.0 Å². The number of aromatic nitrogens is 2. The van der Waals surface area contributed by atoms with Crippen LogP contribution in [-0.4, -0.2) is 43.4 Å². The molecule has 0 bridgehead atoms. The zero-order valence-electron chi connectivity index (χ0n) is 36.9. The van der Waals surface area contributed by atoms with Gasteiger partial charge in [0.05, 0.1) is 0 Å². The van der Waals surface area contributed by atoms with Crippen molar-refractivity contribution in [1.29, 1.82) is 0 Å². The lowest BCUT2D eigenvalue weighted by Crippen LogP contribution is -2.60. The van der Waals surface area contributed by atoms with Crippen LogP contribution in [0, 0.1) is 175 Å². The number of imidazole rings is 1. The van der Waals surface area contributed by atoms with Crippen LogP contribution in [0.5, 0.6) is 5.75 Å². The van der Waals surface area contributed by atoms with Gasteiger partial charge in [0.2, 0.25) is 0 Å². The van der Waals surface area contributed by atoms with Crippen LogP contribution in [0.1, 0.15) is 0 Å². The minimum absolute atomic E-state index is 0.269. The molecule has 35 heteroatoms. The van der Waals surface area contributed by atoms with Crippen molar-refractivity contribution in [2.24, 2.45) is 0 Å². The molecule has 0 fully saturated rings. The number of rotatable bonds is 7. The number of aromatic hydroxyl groups is 1. The highest BCUT2D eigenvalue weighted by Gasteiger charge is 2.49. The summed E-state index contributed by atoms with van der Waals surface area (Å²) in [5.41, 5.74) is 0.970. The molecule has 0 saturated heterocycles. The molecule has 7 aromatic carbocycles. The second-order valence-corrected chi connectivity index (χ2v) is 20.4. The van der Waals surface area contributed by atoms with Crippen LogP contribution >= 0.6 is 0 Å². The minimum Gasteiger partial charge on any atom is -0.508 e. The molecule has 0 aliphatic heterocycles. The summed E-state index contributed by atoms with van der Waals surface area (Å²) in [6.07, 6.45) is 3.46. The fourth-order valence-electron chi connectivity index (χ4n) is 7.16. The first-order valence-corrected chi connectivity index (χ1v) is 23.5. The van der Waals surface area contributed by atoms with Crippen molar-refractivity contribution >= 4 is 54.8 Å². The molecular weight excluding hydrogens is 1210 g/mol. The Morgan fingerprint density at radius 2 is 0.412 bits per heavy atom. The van der Waals surface area contributed by atoms with Gasteiger partial charge in [-0.05, 0) is 50.8 Å². The number of hydrogen-bond donors (Lipinski definition) is 2. The van der Waals surface area contributed by atoms with Crippen molar-refractivity contribution in [1.82, 2.24) is 9.97 Å². The Morgan fingerprint density at radius 1 is 0.250 bits per heavy atom. The summed E-state index contributed by atoms with van der Waals surface area (Å²) in [5.74, 6) is -88.1. The van der Waals surface area contributed by atoms with Crippen molar-refractivity contribution < 1.29 is 137 Å². The summed E-state index contributed by atoms with van der Waals surface area (Å²) in [6, 6.07) is 6.90. The number of nitrogens with one attached hydrogen (secondary N) is 1. The first kappa shape index (κ1) is 61.7. The predicted molar refractivity (Wildman–Crippen MR) is 212 cm³/mol. The molecule has 1 heterocycles. The molecular formula is C45H8Al2F30N2O. The third kappa shape index (κ3) is 10.3. The van der Waals surface area contributed by atoms with Gasteiger partial charge in [0.25, 0.3) is 0 Å².